The van der Waals surface area contributed by atoms with Crippen molar-refractivity contribution in [2.75, 3.05) is 0 Å². The number of pyridine rings is 1. The number of nitrogens with zero attached hydrogens (tertiary/aromatic N) is 3. The van der Waals surface area contributed by atoms with Crippen LogP contribution in [0.3, 0.4) is 0 Å². The lowest BCUT2D eigenvalue weighted by molar-refractivity contribution is -0.136. The third-order valence-corrected chi connectivity index (χ3v) is 4.23. The first-order valence-electron chi connectivity index (χ1n) is 8.47. The molecule has 2 heterocycles. The van der Waals surface area contributed by atoms with Gasteiger partial charge in [-0.15, -0.1) is 0 Å². The molecule has 0 saturated heterocycles. The minimum Gasteiger partial charge on any atom is -0.449 e. The van der Waals surface area contributed by atoms with Gasteiger partial charge < -0.3 is 8.98 Å². The molecule has 28 heavy (non-hydrogen) atoms. The second kappa shape index (κ2) is 7.35. The van der Waals surface area contributed by atoms with Crippen molar-refractivity contribution in [1.82, 2.24) is 9.55 Å². The predicted molar refractivity (Wildman–Crippen MR) is 97.1 cm³/mol. The fourth-order valence-electron chi connectivity index (χ4n) is 2.91. The maximum atomic E-state index is 13.5. The molecule has 0 saturated carbocycles. The molecule has 0 aliphatic rings. The van der Waals surface area contributed by atoms with Gasteiger partial charge in [0.15, 0.2) is 5.89 Å². The van der Waals surface area contributed by atoms with Crippen LogP contribution in [0.5, 0.6) is 0 Å². The molecule has 0 radical (unpaired) electrons. The van der Waals surface area contributed by atoms with Crippen molar-refractivity contribution in [3.8, 4) is 11.3 Å². The molecule has 5 nitrogen and oxygen atoms in total. The highest BCUT2D eigenvalue weighted by atomic mass is 19.4. The Labute approximate surface area is 158 Å². The monoisotopic (exact) mass is 387 g/mol. The highest BCUT2D eigenvalue weighted by molar-refractivity contribution is 5.66. The number of aromatic nitrogens is 2. The zero-order valence-corrected chi connectivity index (χ0v) is 15.2. The molecule has 3 rings (SSSR count). The van der Waals surface area contributed by atoms with Gasteiger partial charge in [0, 0.05) is 12.1 Å². The van der Waals surface area contributed by atoms with Crippen LogP contribution in [-0.2, 0) is 19.1 Å². The molecule has 0 atom stereocenters. The minimum atomic E-state index is -4.82. The van der Waals surface area contributed by atoms with Crippen LogP contribution in [0.1, 0.15) is 29.6 Å². The van der Waals surface area contributed by atoms with Gasteiger partial charge >= 0.3 is 6.18 Å². The Hall–Kier alpha value is -3.34. The Morgan fingerprint density at radius 3 is 2.61 bits per heavy atom. The summed E-state index contributed by atoms with van der Waals surface area (Å²) in [6, 6.07) is 7.65. The Morgan fingerprint density at radius 2 is 2.04 bits per heavy atom. The van der Waals surface area contributed by atoms with E-state index in [0.29, 0.717) is 23.6 Å². The number of oxazole rings is 1. The van der Waals surface area contributed by atoms with E-state index < -0.39 is 23.0 Å². The van der Waals surface area contributed by atoms with Crippen molar-refractivity contribution >= 4 is 5.69 Å². The summed E-state index contributed by atoms with van der Waals surface area (Å²) in [4.78, 5) is 19.9. The van der Waals surface area contributed by atoms with Crippen LogP contribution in [-0.4, -0.2) is 9.55 Å². The van der Waals surface area contributed by atoms with Crippen molar-refractivity contribution in [2.24, 2.45) is 0 Å². The Kier molecular flexibility index (Phi) is 5.10. The fraction of sp³-hybridized carbons (Fsp3) is 0.250. The molecule has 0 bridgehead atoms. The lowest BCUT2D eigenvalue weighted by atomic mass is 10.0. The van der Waals surface area contributed by atoms with Gasteiger partial charge in [0.25, 0.3) is 11.2 Å². The molecule has 0 fully saturated rings. The summed E-state index contributed by atoms with van der Waals surface area (Å²) >= 11 is 0. The largest absolute Gasteiger partial charge is 0.449 e. The molecule has 0 aliphatic heterocycles. The Morgan fingerprint density at radius 1 is 1.29 bits per heavy atom. The number of halogens is 3. The number of rotatable bonds is 4. The van der Waals surface area contributed by atoms with Gasteiger partial charge in [-0.3, -0.25) is 4.79 Å². The lowest BCUT2D eigenvalue weighted by Gasteiger charge is -2.17. The van der Waals surface area contributed by atoms with Crippen LogP contribution in [0.25, 0.3) is 16.1 Å². The SMILES string of the molecule is [C-]#[N+]c1c(C(F)(F)F)cc(-c2cccc(C)c2)n(Cc2coc(CC)n2)c1=O. The van der Waals surface area contributed by atoms with Crippen molar-refractivity contribution in [3.63, 3.8) is 0 Å². The summed E-state index contributed by atoms with van der Waals surface area (Å²) in [5.41, 5.74) is -1.48. The third kappa shape index (κ3) is 3.69. The average Bonchev–Trinajstić information content (AvgIpc) is 3.10. The predicted octanol–water partition coefficient (Wildman–Crippen LogP) is 4.99. The summed E-state index contributed by atoms with van der Waals surface area (Å²) < 4.78 is 46.8. The molecule has 3 aromatic rings. The molecule has 8 heteroatoms. The number of hydrogen-bond acceptors (Lipinski definition) is 3. The smallest absolute Gasteiger partial charge is 0.407 e. The van der Waals surface area contributed by atoms with Crippen LogP contribution in [0.2, 0.25) is 0 Å². The summed E-state index contributed by atoms with van der Waals surface area (Å²) in [6.45, 7) is 10.6. The van der Waals surface area contributed by atoms with Crippen LogP contribution < -0.4 is 5.56 Å². The highest BCUT2D eigenvalue weighted by Crippen LogP contribution is 2.37. The molecule has 0 N–H and O–H groups in total. The lowest BCUT2D eigenvalue weighted by Crippen LogP contribution is -2.25. The van der Waals surface area contributed by atoms with Crippen LogP contribution in [0.4, 0.5) is 18.9 Å². The van der Waals surface area contributed by atoms with E-state index in [-0.39, 0.29) is 12.2 Å². The van der Waals surface area contributed by atoms with E-state index in [1.54, 1.807) is 31.2 Å². The molecule has 0 aliphatic carbocycles. The quantitative estimate of drug-likeness (QED) is 0.593. The molecule has 2 aromatic heterocycles. The van der Waals surface area contributed by atoms with E-state index in [0.717, 1.165) is 16.2 Å². The topological polar surface area (TPSA) is 52.4 Å². The molecule has 1 aromatic carbocycles. The first-order chi connectivity index (χ1) is 13.2. The van der Waals surface area contributed by atoms with Gasteiger partial charge in [-0.1, -0.05) is 30.7 Å². The maximum Gasteiger partial charge on any atom is 0.407 e. The summed E-state index contributed by atoms with van der Waals surface area (Å²) in [5, 5.41) is 0. The maximum absolute atomic E-state index is 13.5. The van der Waals surface area contributed by atoms with E-state index in [2.05, 4.69) is 9.83 Å². The molecule has 144 valence electrons. The van der Waals surface area contributed by atoms with E-state index >= 15 is 0 Å². The standard InChI is InChI=1S/C20H16F3N3O2/c1-4-17-25-14(11-28-17)10-26-16(13-7-5-6-12(2)8-13)9-15(20(21,22)23)18(24-3)19(26)27/h5-9,11H,4,10H2,1-2H3. The van der Waals surface area contributed by atoms with Gasteiger partial charge in [-0.2, -0.15) is 13.2 Å². The summed E-state index contributed by atoms with van der Waals surface area (Å²) in [6.07, 6.45) is -2.92. The molecular formula is C20H16F3N3O2. The van der Waals surface area contributed by atoms with Gasteiger partial charge in [0.05, 0.1) is 24.4 Å². The zero-order valence-electron chi connectivity index (χ0n) is 15.2. The van der Waals surface area contributed by atoms with Crippen molar-refractivity contribution in [3.05, 3.63) is 81.1 Å². The van der Waals surface area contributed by atoms with E-state index in [1.165, 1.54) is 6.26 Å². The Balaban J connectivity index is 2.29. The average molecular weight is 387 g/mol. The van der Waals surface area contributed by atoms with Crippen LogP contribution >= 0.6 is 0 Å². The van der Waals surface area contributed by atoms with Crippen molar-refractivity contribution in [2.45, 2.75) is 33.0 Å². The van der Waals surface area contributed by atoms with Gasteiger partial charge in [-0.05, 0) is 24.6 Å². The molecule has 0 spiro atoms. The molecule has 0 amide bonds. The number of aryl methyl sites for hydroxylation is 2. The number of benzene rings is 1. The number of hydrogen-bond donors (Lipinski definition) is 0. The second-order valence-electron chi connectivity index (χ2n) is 6.25. The van der Waals surface area contributed by atoms with Crippen molar-refractivity contribution in [1.29, 1.82) is 0 Å². The van der Waals surface area contributed by atoms with Gasteiger partial charge in [-0.25, -0.2) is 9.83 Å². The van der Waals surface area contributed by atoms with E-state index in [4.69, 9.17) is 11.0 Å². The van der Waals surface area contributed by atoms with Crippen LogP contribution in [0, 0.1) is 13.5 Å². The third-order valence-electron chi connectivity index (χ3n) is 4.23. The number of alkyl halides is 3. The molecular weight excluding hydrogens is 371 g/mol. The zero-order chi connectivity index (χ0) is 20.5. The van der Waals surface area contributed by atoms with E-state index in [9.17, 15) is 18.0 Å². The normalized spacial score (nSPS) is 11.4. The first-order valence-corrected chi connectivity index (χ1v) is 8.47. The summed E-state index contributed by atoms with van der Waals surface area (Å²) in [5.74, 6) is 0.456. The van der Waals surface area contributed by atoms with E-state index in [1.807, 2.05) is 6.92 Å². The van der Waals surface area contributed by atoms with Gasteiger partial charge in [0.2, 0.25) is 0 Å². The Bertz CT molecular complexity index is 1120. The highest BCUT2D eigenvalue weighted by Gasteiger charge is 2.36. The van der Waals surface area contributed by atoms with Crippen molar-refractivity contribution < 1.29 is 17.6 Å². The minimum absolute atomic E-state index is 0.0643. The first kappa shape index (κ1) is 19.4. The molecule has 0 unspecified atom stereocenters. The van der Waals surface area contributed by atoms with Gasteiger partial charge in [0.1, 0.15) is 6.26 Å². The second-order valence-corrected chi connectivity index (χ2v) is 6.25. The summed E-state index contributed by atoms with van der Waals surface area (Å²) in [7, 11) is 0. The fourth-order valence-corrected chi connectivity index (χ4v) is 2.91. The van der Waals surface area contributed by atoms with Crippen LogP contribution in [0.15, 0.2) is 45.8 Å².